The highest BCUT2D eigenvalue weighted by atomic mass is 35.5. The number of rotatable bonds is 7. The van der Waals surface area contributed by atoms with E-state index < -0.39 is 5.25 Å². The van der Waals surface area contributed by atoms with E-state index in [1.165, 1.54) is 11.8 Å². The van der Waals surface area contributed by atoms with Crippen LogP contribution in [0, 0.1) is 0 Å². The lowest BCUT2D eigenvalue weighted by Gasteiger charge is -2.18. The smallest absolute Gasteiger partial charge is 0.242 e. The van der Waals surface area contributed by atoms with E-state index in [0.717, 1.165) is 21.8 Å². The molecular weight excluding hydrogens is 482 g/mol. The first-order valence-corrected chi connectivity index (χ1v) is 12.3. The van der Waals surface area contributed by atoms with E-state index in [1.54, 1.807) is 12.1 Å². The van der Waals surface area contributed by atoms with Gasteiger partial charge in [0.05, 0.1) is 10.7 Å². The first-order valence-electron chi connectivity index (χ1n) is 10.6. The van der Waals surface area contributed by atoms with Crippen LogP contribution in [0.15, 0.2) is 114 Å². The molecule has 0 aliphatic carbocycles. The molecule has 0 spiro atoms. The van der Waals surface area contributed by atoms with E-state index in [-0.39, 0.29) is 5.91 Å². The van der Waals surface area contributed by atoms with Crippen molar-refractivity contribution in [3.8, 4) is 0 Å². The maximum atomic E-state index is 13.2. The first kappa shape index (κ1) is 23.8. The molecule has 1 amide bonds. The second kappa shape index (κ2) is 11.7. The molecule has 4 aromatic carbocycles. The van der Waals surface area contributed by atoms with Crippen molar-refractivity contribution in [3.63, 3.8) is 0 Å². The fourth-order valence-electron chi connectivity index (χ4n) is 3.23. The number of carbonyl (C=O) groups is 1. The number of benzene rings is 4. The van der Waals surface area contributed by atoms with Gasteiger partial charge in [0.25, 0.3) is 0 Å². The molecule has 1 unspecified atom stereocenters. The minimum absolute atomic E-state index is 0.139. The second-order valence-corrected chi connectivity index (χ2v) is 9.34. The van der Waals surface area contributed by atoms with Crippen molar-refractivity contribution < 1.29 is 4.79 Å². The van der Waals surface area contributed by atoms with Gasteiger partial charge in [-0.2, -0.15) is 0 Å². The molecule has 7 heteroatoms. The van der Waals surface area contributed by atoms with Crippen LogP contribution in [0.2, 0.25) is 5.02 Å². The molecule has 0 aromatic heterocycles. The average molecular weight is 504 g/mol. The molecule has 0 fully saturated rings. The monoisotopic (exact) mass is 503 g/mol. The van der Waals surface area contributed by atoms with Crippen LogP contribution >= 0.6 is 35.6 Å². The van der Waals surface area contributed by atoms with E-state index in [9.17, 15) is 4.79 Å². The van der Waals surface area contributed by atoms with Crippen molar-refractivity contribution in [3.05, 3.63) is 120 Å². The highest BCUT2D eigenvalue weighted by Crippen LogP contribution is 2.37. The lowest BCUT2D eigenvalue weighted by atomic mass is 10.1. The Morgan fingerprint density at radius 2 is 1.26 bits per heavy atom. The number of nitrogens with one attached hydrogen (secondary N) is 3. The SMILES string of the molecule is O=C(Nc1ccccc1Cl)C(Sc1ccc(NC(=S)Nc2ccccc2)cc1)c1ccccc1. The van der Waals surface area contributed by atoms with Gasteiger partial charge in [0.15, 0.2) is 5.11 Å². The molecule has 0 bridgehead atoms. The van der Waals surface area contributed by atoms with Crippen molar-refractivity contribution in [1.82, 2.24) is 0 Å². The molecule has 170 valence electrons. The van der Waals surface area contributed by atoms with Crippen LogP contribution in [0.5, 0.6) is 0 Å². The number of para-hydroxylation sites is 2. The fourth-order valence-corrected chi connectivity index (χ4v) is 4.67. The molecule has 0 radical (unpaired) electrons. The first-order chi connectivity index (χ1) is 16.6. The summed E-state index contributed by atoms with van der Waals surface area (Å²) in [7, 11) is 0. The van der Waals surface area contributed by atoms with Crippen LogP contribution in [0.25, 0.3) is 0 Å². The number of anilines is 3. The van der Waals surface area contributed by atoms with Crippen molar-refractivity contribution in [1.29, 1.82) is 0 Å². The number of thiocarbonyl (C=S) groups is 1. The van der Waals surface area contributed by atoms with Gasteiger partial charge in [-0.3, -0.25) is 4.79 Å². The topological polar surface area (TPSA) is 53.2 Å². The Morgan fingerprint density at radius 1 is 0.706 bits per heavy atom. The van der Waals surface area contributed by atoms with Gasteiger partial charge in [0.2, 0.25) is 5.91 Å². The van der Waals surface area contributed by atoms with Crippen LogP contribution in [-0.2, 0) is 4.79 Å². The van der Waals surface area contributed by atoms with Crippen LogP contribution in [0.3, 0.4) is 0 Å². The third kappa shape index (κ3) is 6.60. The number of hydrogen-bond acceptors (Lipinski definition) is 3. The third-order valence-electron chi connectivity index (χ3n) is 4.87. The molecule has 0 heterocycles. The number of hydrogen-bond donors (Lipinski definition) is 3. The summed E-state index contributed by atoms with van der Waals surface area (Å²) >= 11 is 13.1. The Labute approximate surface area is 213 Å². The Bertz CT molecular complexity index is 1250. The van der Waals surface area contributed by atoms with E-state index in [1.807, 2.05) is 97.1 Å². The lowest BCUT2D eigenvalue weighted by molar-refractivity contribution is -0.115. The van der Waals surface area contributed by atoms with E-state index in [2.05, 4.69) is 16.0 Å². The summed E-state index contributed by atoms with van der Waals surface area (Å²) in [4.78, 5) is 14.2. The van der Waals surface area contributed by atoms with Crippen molar-refractivity contribution in [2.45, 2.75) is 10.1 Å². The third-order valence-corrected chi connectivity index (χ3v) is 6.67. The zero-order valence-electron chi connectivity index (χ0n) is 18.1. The number of halogens is 1. The number of thioether (sulfide) groups is 1. The average Bonchev–Trinajstić information content (AvgIpc) is 2.86. The Morgan fingerprint density at radius 3 is 1.91 bits per heavy atom. The molecule has 0 saturated carbocycles. The normalized spacial score (nSPS) is 11.3. The molecule has 4 nitrogen and oxygen atoms in total. The van der Waals surface area contributed by atoms with Gasteiger partial charge < -0.3 is 16.0 Å². The molecule has 4 aromatic rings. The number of carbonyl (C=O) groups excluding carboxylic acids is 1. The van der Waals surface area contributed by atoms with E-state index in [0.29, 0.717) is 15.8 Å². The van der Waals surface area contributed by atoms with Gasteiger partial charge in [-0.15, -0.1) is 11.8 Å². The maximum Gasteiger partial charge on any atom is 0.242 e. The summed E-state index contributed by atoms with van der Waals surface area (Å²) in [6, 6.07) is 34.5. The summed E-state index contributed by atoms with van der Waals surface area (Å²) in [5, 5.41) is 9.86. The Hall–Kier alpha value is -3.32. The van der Waals surface area contributed by atoms with Crippen molar-refractivity contribution in [2.75, 3.05) is 16.0 Å². The quantitative estimate of drug-likeness (QED) is 0.179. The van der Waals surface area contributed by atoms with E-state index >= 15 is 0 Å². The van der Waals surface area contributed by atoms with Gasteiger partial charge in [-0.05, 0) is 66.3 Å². The number of amides is 1. The van der Waals surface area contributed by atoms with Gasteiger partial charge in [-0.1, -0.05) is 72.3 Å². The zero-order chi connectivity index (χ0) is 23.8. The fraction of sp³-hybridized carbons (Fsp3) is 0.0370. The molecular formula is C27H22ClN3OS2. The van der Waals surface area contributed by atoms with Crippen LogP contribution in [0.1, 0.15) is 10.8 Å². The summed E-state index contributed by atoms with van der Waals surface area (Å²) in [6.45, 7) is 0. The van der Waals surface area contributed by atoms with Crippen molar-refractivity contribution >= 4 is 63.7 Å². The standard InChI is InChI=1S/C27H22ClN3OS2/c28-23-13-7-8-14-24(23)31-26(32)25(19-9-3-1-4-10-19)34-22-17-15-21(16-18-22)30-27(33)29-20-11-5-2-6-12-20/h1-18,25H,(H,31,32)(H2,29,30,33). The van der Waals surface area contributed by atoms with Crippen LogP contribution < -0.4 is 16.0 Å². The van der Waals surface area contributed by atoms with Crippen LogP contribution in [0.4, 0.5) is 17.1 Å². The Kier molecular flexibility index (Phi) is 8.20. The largest absolute Gasteiger partial charge is 0.332 e. The minimum Gasteiger partial charge on any atom is -0.332 e. The summed E-state index contributed by atoms with van der Waals surface area (Å²) < 4.78 is 0. The molecule has 34 heavy (non-hydrogen) atoms. The van der Waals surface area contributed by atoms with Gasteiger partial charge in [0, 0.05) is 16.3 Å². The molecule has 0 aliphatic rings. The Balaban J connectivity index is 1.45. The second-order valence-electron chi connectivity index (χ2n) is 7.35. The molecule has 1 atom stereocenters. The van der Waals surface area contributed by atoms with Crippen molar-refractivity contribution in [2.24, 2.45) is 0 Å². The zero-order valence-corrected chi connectivity index (χ0v) is 20.5. The maximum absolute atomic E-state index is 13.2. The molecule has 4 rings (SSSR count). The minimum atomic E-state index is -0.447. The highest BCUT2D eigenvalue weighted by molar-refractivity contribution is 8.00. The summed E-state index contributed by atoms with van der Waals surface area (Å²) in [5.74, 6) is -0.139. The summed E-state index contributed by atoms with van der Waals surface area (Å²) in [6.07, 6.45) is 0. The highest BCUT2D eigenvalue weighted by Gasteiger charge is 2.22. The predicted octanol–water partition coefficient (Wildman–Crippen LogP) is 7.62. The van der Waals surface area contributed by atoms with Gasteiger partial charge >= 0.3 is 0 Å². The van der Waals surface area contributed by atoms with Gasteiger partial charge in [0.1, 0.15) is 5.25 Å². The molecule has 0 aliphatic heterocycles. The molecule has 0 saturated heterocycles. The van der Waals surface area contributed by atoms with Crippen LogP contribution in [-0.4, -0.2) is 11.0 Å². The van der Waals surface area contributed by atoms with Gasteiger partial charge in [-0.25, -0.2) is 0 Å². The predicted molar refractivity (Wildman–Crippen MR) is 148 cm³/mol. The molecule has 3 N–H and O–H groups in total. The lowest BCUT2D eigenvalue weighted by Crippen LogP contribution is -2.19. The summed E-state index contributed by atoms with van der Waals surface area (Å²) in [5.41, 5.74) is 3.28. The van der Waals surface area contributed by atoms with E-state index in [4.69, 9.17) is 23.8 Å².